The highest BCUT2D eigenvalue weighted by atomic mass is 32.2. The molecule has 29 heavy (non-hydrogen) atoms. The van der Waals surface area contributed by atoms with E-state index >= 15 is 0 Å². The van der Waals surface area contributed by atoms with E-state index < -0.39 is 15.7 Å². The number of amides is 1. The molecule has 0 aromatic heterocycles. The largest absolute Gasteiger partial charge is 0.494 e. The van der Waals surface area contributed by atoms with Gasteiger partial charge in [-0.25, -0.2) is 8.42 Å². The number of benzene rings is 3. The maximum absolute atomic E-state index is 12.8. The van der Waals surface area contributed by atoms with Crippen molar-refractivity contribution in [1.82, 2.24) is 0 Å². The van der Waals surface area contributed by atoms with E-state index in [0.29, 0.717) is 23.8 Å². The molecule has 0 aliphatic rings. The summed E-state index contributed by atoms with van der Waals surface area (Å²) >= 11 is 0. The first-order chi connectivity index (χ1) is 13.9. The number of rotatable bonds is 7. The van der Waals surface area contributed by atoms with E-state index in [-0.39, 0.29) is 10.5 Å². The molecular formula is C22H21NO5S. The Hall–Kier alpha value is -3.32. The van der Waals surface area contributed by atoms with Crippen molar-refractivity contribution in [3.63, 3.8) is 0 Å². The number of carbonyl (C=O) groups excluding carboxylic acids is 1. The minimum Gasteiger partial charge on any atom is -0.494 e. The molecule has 3 aromatic rings. The summed E-state index contributed by atoms with van der Waals surface area (Å²) in [6.45, 7) is 2.48. The van der Waals surface area contributed by atoms with E-state index in [4.69, 9.17) is 9.47 Å². The molecule has 0 heterocycles. The van der Waals surface area contributed by atoms with Gasteiger partial charge < -0.3 is 14.8 Å². The SMILES string of the molecule is CCOc1ccc(Oc2ccccc2NC(=O)c2ccccc2S(C)(=O)=O)cc1. The van der Waals surface area contributed by atoms with Crippen molar-refractivity contribution in [2.75, 3.05) is 18.2 Å². The topological polar surface area (TPSA) is 81.7 Å². The third kappa shape index (κ3) is 5.14. The van der Waals surface area contributed by atoms with Crippen LogP contribution >= 0.6 is 0 Å². The van der Waals surface area contributed by atoms with Crippen LogP contribution in [0.25, 0.3) is 0 Å². The number of sulfone groups is 1. The lowest BCUT2D eigenvalue weighted by Gasteiger charge is -2.14. The summed E-state index contributed by atoms with van der Waals surface area (Å²) in [7, 11) is -3.54. The fourth-order valence-electron chi connectivity index (χ4n) is 2.72. The van der Waals surface area contributed by atoms with Gasteiger partial charge in [0.15, 0.2) is 15.6 Å². The van der Waals surface area contributed by atoms with Crippen LogP contribution in [-0.2, 0) is 9.84 Å². The summed E-state index contributed by atoms with van der Waals surface area (Å²) in [5, 5.41) is 2.74. The van der Waals surface area contributed by atoms with E-state index in [0.717, 1.165) is 12.0 Å². The molecule has 150 valence electrons. The van der Waals surface area contributed by atoms with Gasteiger partial charge >= 0.3 is 0 Å². The van der Waals surface area contributed by atoms with E-state index in [2.05, 4.69) is 5.32 Å². The molecule has 6 nitrogen and oxygen atoms in total. The Bertz CT molecular complexity index is 1110. The second-order valence-corrected chi connectivity index (χ2v) is 8.21. The molecule has 3 rings (SSSR count). The predicted octanol–water partition coefficient (Wildman–Crippen LogP) is 4.53. The summed E-state index contributed by atoms with van der Waals surface area (Å²) in [5.41, 5.74) is 0.501. The van der Waals surface area contributed by atoms with Crippen molar-refractivity contribution >= 4 is 21.4 Å². The Labute approximate surface area is 170 Å². The standard InChI is InChI=1S/C22H21NO5S/c1-3-27-16-12-14-17(15-13-16)28-20-10-6-5-9-19(20)23-22(24)18-8-4-7-11-21(18)29(2,25)26/h4-15H,3H2,1-2H3,(H,23,24). The van der Waals surface area contributed by atoms with Gasteiger partial charge in [0.1, 0.15) is 11.5 Å². The number of para-hydroxylation sites is 2. The Kier molecular flexibility index (Phi) is 6.19. The highest BCUT2D eigenvalue weighted by molar-refractivity contribution is 7.90. The van der Waals surface area contributed by atoms with Crippen molar-refractivity contribution in [1.29, 1.82) is 0 Å². The zero-order valence-electron chi connectivity index (χ0n) is 16.1. The van der Waals surface area contributed by atoms with Crippen molar-refractivity contribution in [2.45, 2.75) is 11.8 Å². The summed E-state index contributed by atoms with van der Waals surface area (Å²) in [4.78, 5) is 12.7. The van der Waals surface area contributed by atoms with Gasteiger partial charge in [-0.15, -0.1) is 0 Å². The Morgan fingerprint density at radius 3 is 2.21 bits per heavy atom. The molecule has 0 saturated heterocycles. The van der Waals surface area contributed by atoms with E-state index in [1.165, 1.54) is 12.1 Å². The molecule has 0 fully saturated rings. The summed E-state index contributed by atoms with van der Waals surface area (Å²) in [5.74, 6) is 1.21. The van der Waals surface area contributed by atoms with Crippen molar-refractivity contribution in [3.8, 4) is 17.2 Å². The van der Waals surface area contributed by atoms with Crippen LogP contribution in [0.1, 0.15) is 17.3 Å². The van der Waals surface area contributed by atoms with Gasteiger partial charge in [-0.05, 0) is 55.5 Å². The molecule has 0 aliphatic carbocycles. The van der Waals surface area contributed by atoms with Crippen LogP contribution in [0.3, 0.4) is 0 Å². The normalized spacial score (nSPS) is 11.0. The van der Waals surface area contributed by atoms with E-state index in [1.807, 2.05) is 6.92 Å². The van der Waals surface area contributed by atoms with Crippen LogP contribution in [0, 0.1) is 0 Å². The molecule has 1 N–H and O–H groups in total. The minimum atomic E-state index is -3.54. The number of anilines is 1. The van der Waals surface area contributed by atoms with E-state index in [1.54, 1.807) is 60.7 Å². The molecule has 3 aromatic carbocycles. The number of carbonyl (C=O) groups is 1. The molecule has 0 radical (unpaired) electrons. The molecular weight excluding hydrogens is 390 g/mol. The highest BCUT2D eigenvalue weighted by Gasteiger charge is 2.19. The fourth-order valence-corrected chi connectivity index (χ4v) is 3.61. The van der Waals surface area contributed by atoms with Crippen LogP contribution in [0.15, 0.2) is 77.7 Å². The van der Waals surface area contributed by atoms with Gasteiger partial charge in [0, 0.05) is 6.26 Å². The lowest BCUT2D eigenvalue weighted by molar-refractivity contribution is 0.102. The predicted molar refractivity (Wildman–Crippen MR) is 112 cm³/mol. The van der Waals surface area contributed by atoms with Crippen LogP contribution in [0.4, 0.5) is 5.69 Å². The van der Waals surface area contributed by atoms with Crippen LogP contribution in [0.5, 0.6) is 17.2 Å². The van der Waals surface area contributed by atoms with Crippen LogP contribution < -0.4 is 14.8 Å². The van der Waals surface area contributed by atoms with Gasteiger partial charge in [0.25, 0.3) is 5.91 Å². The van der Waals surface area contributed by atoms with Crippen LogP contribution in [0.2, 0.25) is 0 Å². The van der Waals surface area contributed by atoms with Gasteiger partial charge in [-0.2, -0.15) is 0 Å². The number of ether oxygens (including phenoxy) is 2. The van der Waals surface area contributed by atoms with Gasteiger partial charge in [0.2, 0.25) is 0 Å². The third-order valence-corrected chi connectivity index (χ3v) is 5.18. The number of nitrogens with one attached hydrogen (secondary N) is 1. The lowest BCUT2D eigenvalue weighted by Crippen LogP contribution is -2.16. The van der Waals surface area contributed by atoms with Crippen LogP contribution in [-0.4, -0.2) is 27.2 Å². The number of hydrogen-bond acceptors (Lipinski definition) is 5. The molecule has 0 unspecified atom stereocenters. The fraction of sp³-hybridized carbons (Fsp3) is 0.136. The third-order valence-electron chi connectivity index (χ3n) is 4.03. The Morgan fingerprint density at radius 2 is 1.52 bits per heavy atom. The second-order valence-electron chi connectivity index (χ2n) is 6.23. The maximum Gasteiger partial charge on any atom is 0.257 e. The smallest absolute Gasteiger partial charge is 0.257 e. The molecule has 0 spiro atoms. The molecule has 7 heteroatoms. The molecule has 0 bridgehead atoms. The van der Waals surface area contributed by atoms with Gasteiger partial charge in [-0.3, -0.25) is 4.79 Å². The second kappa shape index (κ2) is 8.79. The zero-order valence-corrected chi connectivity index (χ0v) is 16.9. The average Bonchev–Trinajstić information content (AvgIpc) is 2.70. The summed E-state index contributed by atoms with van der Waals surface area (Å²) in [6, 6.07) is 20.1. The van der Waals surface area contributed by atoms with Crippen molar-refractivity contribution in [3.05, 3.63) is 78.4 Å². The first-order valence-corrected chi connectivity index (χ1v) is 10.9. The number of hydrogen-bond donors (Lipinski definition) is 1. The highest BCUT2D eigenvalue weighted by Crippen LogP contribution is 2.31. The van der Waals surface area contributed by atoms with Gasteiger partial charge in [-0.1, -0.05) is 24.3 Å². The molecule has 1 amide bonds. The Morgan fingerprint density at radius 1 is 0.897 bits per heavy atom. The lowest BCUT2D eigenvalue weighted by atomic mass is 10.2. The molecule has 0 atom stereocenters. The van der Waals surface area contributed by atoms with Crippen molar-refractivity contribution in [2.24, 2.45) is 0 Å². The summed E-state index contributed by atoms with van der Waals surface area (Å²) in [6.07, 6.45) is 1.07. The van der Waals surface area contributed by atoms with E-state index in [9.17, 15) is 13.2 Å². The first-order valence-electron chi connectivity index (χ1n) is 8.98. The Balaban J connectivity index is 1.84. The molecule has 0 aliphatic heterocycles. The van der Waals surface area contributed by atoms with Gasteiger partial charge in [0.05, 0.1) is 22.8 Å². The summed E-state index contributed by atoms with van der Waals surface area (Å²) < 4.78 is 35.3. The quantitative estimate of drug-likeness (QED) is 0.618. The van der Waals surface area contributed by atoms with Crippen molar-refractivity contribution < 1.29 is 22.7 Å². The maximum atomic E-state index is 12.8. The first kappa shape index (κ1) is 20.4. The minimum absolute atomic E-state index is 0.0255. The zero-order chi connectivity index (χ0) is 20.9. The average molecular weight is 411 g/mol. The molecule has 0 saturated carbocycles. The monoisotopic (exact) mass is 411 g/mol.